The van der Waals surface area contributed by atoms with Crippen LogP contribution in [0.2, 0.25) is 5.02 Å². The summed E-state index contributed by atoms with van der Waals surface area (Å²) in [7, 11) is 0. The molecule has 2 rings (SSSR count). The largest absolute Gasteiger partial charge is 0.478 e. The van der Waals surface area contributed by atoms with Crippen LogP contribution in [-0.4, -0.2) is 21.0 Å². The number of nitrogens with zero attached hydrogens (tertiary/aromatic N) is 2. The molecule has 0 saturated carbocycles. The fourth-order valence-corrected chi connectivity index (χ4v) is 2.13. The maximum Gasteiger partial charge on any atom is 0.336 e. The summed E-state index contributed by atoms with van der Waals surface area (Å²) in [6.07, 6.45) is 4.47. The number of carbonyl (C=O) groups is 1. The summed E-state index contributed by atoms with van der Waals surface area (Å²) < 4.78 is 0. The number of pyridine rings is 2. The Labute approximate surface area is 107 Å². The van der Waals surface area contributed by atoms with Crippen molar-refractivity contribution in [1.29, 1.82) is 0 Å². The first-order chi connectivity index (χ1) is 8.16. The van der Waals surface area contributed by atoms with Crippen LogP contribution in [0.3, 0.4) is 0 Å². The number of hydrogen-bond donors (Lipinski definition) is 1. The standard InChI is InChI=1S/C11H7ClN2O2S/c12-7-1-2-10(14-5-7)17-9-6-13-4-3-8(9)11(15)16/h1-6H,(H,15,16). The van der Waals surface area contributed by atoms with Gasteiger partial charge in [0.1, 0.15) is 5.03 Å². The fourth-order valence-electron chi connectivity index (χ4n) is 1.17. The van der Waals surface area contributed by atoms with E-state index >= 15 is 0 Å². The molecule has 2 aromatic rings. The highest BCUT2D eigenvalue weighted by molar-refractivity contribution is 7.99. The third kappa shape index (κ3) is 2.95. The number of carboxylic acid groups (broad SMARTS) is 1. The second-order valence-electron chi connectivity index (χ2n) is 3.09. The van der Waals surface area contributed by atoms with E-state index in [1.54, 1.807) is 12.1 Å². The van der Waals surface area contributed by atoms with Crippen LogP contribution in [0.1, 0.15) is 10.4 Å². The molecule has 1 N–H and O–H groups in total. The highest BCUT2D eigenvalue weighted by Gasteiger charge is 2.11. The zero-order chi connectivity index (χ0) is 12.3. The van der Waals surface area contributed by atoms with Crippen LogP contribution in [-0.2, 0) is 0 Å². The van der Waals surface area contributed by atoms with Crippen molar-refractivity contribution >= 4 is 29.3 Å². The van der Waals surface area contributed by atoms with Gasteiger partial charge in [-0.05, 0) is 18.2 Å². The molecule has 0 saturated heterocycles. The van der Waals surface area contributed by atoms with Crippen molar-refractivity contribution in [1.82, 2.24) is 9.97 Å². The average Bonchev–Trinajstić information content (AvgIpc) is 2.32. The third-order valence-corrected chi connectivity index (χ3v) is 3.15. The summed E-state index contributed by atoms with van der Waals surface area (Å²) in [4.78, 5) is 19.5. The Balaban J connectivity index is 2.30. The molecule has 4 nitrogen and oxygen atoms in total. The van der Waals surface area contributed by atoms with E-state index in [0.717, 1.165) is 0 Å². The fraction of sp³-hybridized carbons (Fsp3) is 0. The van der Waals surface area contributed by atoms with E-state index in [2.05, 4.69) is 9.97 Å². The first-order valence-corrected chi connectivity index (χ1v) is 5.83. The molecule has 6 heteroatoms. The van der Waals surface area contributed by atoms with Crippen LogP contribution in [0, 0.1) is 0 Å². The van der Waals surface area contributed by atoms with Gasteiger partial charge in [0.25, 0.3) is 0 Å². The van der Waals surface area contributed by atoms with Gasteiger partial charge in [-0.2, -0.15) is 0 Å². The van der Waals surface area contributed by atoms with E-state index in [0.29, 0.717) is 14.9 Å². The summed E-state index contributed by atoms with van der Waals surface area (Å²) in [5.74, 6) is -0.983. The summed E-state index contributed by atoms with van der Waals surface area (Å²) >= 11 is 6.96. The predicted octanol–water partition coefficient (Wildman–Crippen LogP) is 2.98. The van der Waals surface area contributed by atoms with Crippen LogP contribution in [0.5, 0.6) is 0 Å². The minimum atomic E-state index is -0.983. The Kier molecular flexibility index (Phi) is 3.61. The van der Waals surface area contributed by atoms with Gasteiger partial charge in [0.05, 0.1) is 10.6 Å². The highest BCUT2D eigenvalue weighted by Crippen LogP contribution is 2.28. The van der Waals surface area contributed by atoms with Gasteiger partial charge in [-0.25, -0.2) is 9.78 Å². The number of rotatable bonds is 3. The Morgan fingerprint density at radius 3 is 2.76 bits per heavy atom. The van der Waals surface area contributed by atoms with Gasteiger partial charge < -0.3 is 5.11 Å². The second-order valence-corrected chi connectivity index (χ2v) is 4.59. The quantitative estimate of drug-likeness (QED) is 0.925. The van der Waals surface area contributed by atoms with Crippen LogP contribution >= 0.6 is 23.4 Å². The normalized spacial score (nSPS) is 10.2. The van der Waals surface area contributed by atoms with Crippen molar-refractivity contribution in [2.24, 2.45) is 0 Å². The van der Waals surface area contributed by atoms with E-state index < -0.39 is 5.97 Å². The van der Waals surface area contributed by atoms with Crippen molar-refractivity contribution in [3.8, 4) is 0 Å². The zero-order valence-electron chi connectivity index (χ0n) is 8.50. The first kappa shape index (κ1) is 11.9. The predicted molar refractivity (Wildman–Crippen MR) is 64.6 cm³/mol. The van der Waals surface area contributed by atoms with Gasteiger partial charge in [0, 0.05) is 23.5 Å². The molecule has 0 atom stereocenters. The topological polar surface area (TPSA) is 63.1 Å². The van der Waals surface area contributed by atoms with E-state index in [-0.39, 0.29) is 5.56 Å². The lowest BCUT2D eigenvalue weighted by Gasteiger charge is -2.03. The Hall–Kier alpha value is -1.59. The minimum Gasteiger partial charge on any atom is -0.478 e. The lowest BCUT2D eigenvalue weighted by atomic mass is 10.3. The molecule has 0 aliphatic rings. The summed E-state index contributed by atoms with van der Waals surface area (Å²) in [5.41, 5.74) is 0.210. The molecule has 0 bridgehead atoms. The number of aromatic carboxylic acids is 1. The van der Waals surface area contributed by atoms with E-state index in [1.165, 1.54) is 36.4 Å². The van der Waals surface area contributed by atoms with Gasteiger partial charge in [0.2, 0.25) is 0 Å². The molecule has 2 heterocycles. The molecule has 0 spiro atoms. The Morgan fingerprint density at radius 2 is 2.12 bits per heavy atom. The van der Waals surface area contributed by atoms with Gasteiger partial charge in [-0.3, -0.25) is 4.98 Å². The monoisotopic (exact) mass is 266 g/mol. The van der Waals surface area contributed by atoms with E-state index in [1.807, 2.05) is 0 Å². The molecular weight excluding hydrogens is 260 g/mol. The van der Waals surface area contributed by atoms with Gasteiger partial charge in [0.15, 0.2) is 0 Å². The summed E-state index contributed by atoms with van der Waals surface area (Å²) in [6, 6.07) is 4.89. The van der Waals surface area contributed by atoms with E-state index in [9.17, 15) is 4.79 Å². The average molecular weight is 267 g/mol. The molecular formula is C11H7ClN2O2S. The molecule has 0 aliphatic heterocycles. The number of halogens is 1. The molecule has 17 heavy (non-hydrogen) atoms. The van der Waals surface area contributed by atoms with Gasteiger partial charge >= 0.3 is 5.97 Å². The lowest BCUT2D eigenvalue weighted by molar-refractivity contribution is 0.0693. The van der Waals surface area contributed by atoms with Crippen LogP contribution in [0.15, 0.2) is 46.7 Å². The number of carboxylic acids is 1. The molecule has 0 radical (unpaired) electrons. The molecule has 2 aromatic heterocycles. The van der Waals surface area contributed by atoms with E-state index in [4.69, 9.17) is 16.7 Å². The maximum absolute atomic E-state index is 11.0. The SMILES string of the molecule is O=C(O)c1ccncc1Sc1ccc(Cl)cn1. The smallest absolute Gasteiger partial charge is 0.336 e. The second kappa shape index (κ2) is 5.16. The molecule has 0 fully saturated rings. The van der Waals surface area contributed by atoms with Crippen molar-refractivity contribution in [3.63, 3.8) is 0 Å². The minimum absolute atomic E-state index is 0.210. The molecule has 0 aromatic carbocycles. The van der Waals surface area contributed by atoms with Crippen molar-refractivity contribution in [2.45, 2.75) is 9.92 Å². The van der Waals surface area contributed by atoms with Crippen molar-refractivity contribution in [3.05, 3.63) is 47.4 Å². The molecule has 0 aliphatic carbocycles. The van der Waals surface area contributed by atoms with Crippen molar-refractivity contribution in [2.75, 3.05) is 0 Å². The molecule has 0 amide bonds. The summed E-state index contributed by atoms with van der Waals surface area (Å²) in [6.45, 7) is 0. The Bertz CT molecular complexity index is 545. The van der Waals surface area contributed by atoms with Gasteiger partial charge in [-0.1, -0.05) is 23.4 Å². The third-order valence-electron chi connectivity index (χ3n) is 1.93. The molecule has 86 valence electrons. The number of hydrogen-bond acceptors (Lipinski definition) is 4. The van der Waals surface area contributed by atoms with Crippen molar-refractivity contribution < 1.29 is 9.90 Å². The Morgan fingerprint density at radius 1 is 1.29 bits per heavy atom. The summed E-state index contributed by atoms with van der Waals surface area (Å²) in [5, 5.41) is 10.2. The lowest BCUT2D eigenvalue weighted by Crippen LogP contribution is -1.99. The van der Waals surface area contributed by atoms with Crippen LogP contribution in [0.4, 0.5) is 0 Å². The number of aromatic nitrogens is 2. The molecule has 0 unspecified atom stereocenters. The first-order valence-electron chi connectivity index (χ1n) is 4.63. The van der Waals surface area contributed by atoms with Gasteiger partial charge in [-0.15, -0.1) is 0 Å². The van der Waals surface area contributed by atoms with Crippen LogP contribution < -0.4 is 0 Å². The maximum atomic E-state index is 11.0. The highest BCUT2D eigenvalue weighted by atomic mass is 35.5. The van der Waals surface area contributed by atoms with Crippen LogP contribution in [0.25, 0.3) is 0 Å². The zero-order valence-corrected chi connectivity index (χ0v) is 10.1.